The van der Waals surface area contributed by atoms with Crippen LogP contribution in [0.4, 0.5) is 11.4 Å². The van der Waals surface area contributed by atoms with Crippen molar-refractivity contribution in [3.8, 4) is 5.75 Å². The van der Waals surface area contributed by atoms with E-state index in [9.17, 15) is 18.0 Å². The zero-order valence-electron chi connectivity index (χ0n) is 21.2. The number of benzene rings is 3. The summed E-state index contributed by atoms with van der Waals surface area (Å²) in [5, 5.41) is 6.82. The van der Waals surface area contributed by atoms with Gasteiger partial charge in [-0.15, -0.1) is 0 Å². The molecule has 194 valence electrons. The smallest absolute Gasteiger partial charge is 0.264 e. The highest BCUT2D eigenvalue weighted by Gasteiger charge is 2.27. The number of sulfonamides is 1. The van der Waals surface area contributed by atoms with E-state index in [1.165, 1.54) is 19.1 Å². The maximum absolute atomic E-state index is 13.5. The maximum atomic E-state index is 13.5. The number of aryl methyl sites for hydroxylation is 1. The summed E-state index contributed by atoms with van der Waals surface area (Å²) < 4.78 is 33.5. The van der Waals surface area contributed by atoms with Crippen molar-refractivity contribution in [3.63, 3.8) is 0 Å². The van der Waals surface area contributed by atoms with Crippen molar-refractivity contribution >= 4 is 38.9 Å². The van der Waals surface area contributed by atoms with Gasteiger partial charge in [0.25, 0.3) is 15.9 Å². The van der Waals surface area contributed by atoms with Gasteiger partial charge in [0, 0.05) is 12.6 Å². The number of rotatable bonds is 10. The fourth-order valence-electron chi connectivity index (χ4n) is 3.43. The summed E-state index contributed by atoms with van der Waals surface area (Å²) in [6.45, 7) is 6.81. The van der Waals surface area contributed by atoms with Gasteiger partial charge < -0.3 is 10.1 Å². The Morgan fingerprint density at radius 1 is 0.973 bits per heavy atom. The van der Waals surface area contributed by atoms with Crippen molar-refractivity contribution in [3.05, 3.63) is 83.9 Å². The van der Waals surface area contributed by atoms with Gasteiger partial charge >= 0.3 is 0 Å². The molecule has 0 radical (unpaired) electrons. The zero-order valence-corrected chi connectivity index (χ0v) is 22.0. The van der Waals surface area contributed by atoms with Crippen molar-refractivity contribution in [2.24, 2.45) is 5.10 Å². The quantitative estimate of drug-likeness (QED) is 0.307. The molecule has 0 saturated carbocycles. The molecule has 10 heteroatoms. The lowest BCUT2D eigenvalue weighted by Gasteiger charge is -2.24. The van der Waals surface area contributed by atoms with Gasteiger partial charge in [0.15, 0.2) is 0 Å². The number of ether oxygens (including phenoxy) is 1. The molecule has 0 aliphatic carbocycles. The molecular weight excluding hydrogens is 492 g/mol. The molecule has 2 N–H and O–H groups in total. The van der Waals surface area contributed by atoms with Crippen molar-refractivity contribution in [1.82, 2.24) is 5.43 Å². The maximum Gasteiger partial charge on any atom is 0.264 e. The molecular formula is C27H30N4O5S. The molecule has 3 aromatic carbocycles. The van der Waals surface area contributed by atoms with E-state index < -0.39 is 22.5 Å². The Bertz CT molecular complexity index is 1390. The van der Waals surface area contributed by atoms with E-state index >= 15 is 0 Å². The fraction of sp³-hybridized carbons (Fsp3) is 0.222. The van der Waals surface area contributed by atoms with Gasteiger partial charge in [-0.3, -0.25) is 13.9 Å². The van der Waals surface area contributed by atoms with E-state index in [0.29, 0.717) is 35.0 Å². The first-order chi connectivity index (χ1) is 17.6. The summed E-state index contributed by atoms with van der Waals surface area (Å²) in [6.07, 6.45) is 0. The van der Waals surface area contributed by atoms with Crippen molar-refractivity contribution in [2.75, 3.05) is 22.8 Å². The first-order valence-electron chi connectivity index (χ1n) is 11.6. The number of carbonyl (C=O) groups excluding carboxylic acids is 2. The number of hydrazone groups is 1. The predicted octanol–water partition coefficient (Wildman–Crippen LogP) is 4.09. The van der Waals surface area contributed by atoms with Crippen molar-refractivity contribution < 1.29 is 22.7 Å². The van der Waals surface area contributed by atoms with E-state index in [-0.39, 0.29) is 10.8 Å². The van der Waals surface area contributed by atoms with Gasteiger partial charge in [-0.1, -0.05) is 29.8 Å². The first kappa shape index (κ1) is 27.4. The molecule has 9 nitrogen and oxygen atoms in total. The zero-order chi connectivity index (χ0) is 27.0. The van der Waals surface area contributed by atoms with Crippen LogP contribution in [0.5, 0.6) is 5.75 Å². The largest absolute Gasteiger partial charge is 0.494 e. The number of amides is 2. The average molecular weight is 523 g/mol. The topological polar surface area (TPSA) is 117 Å². The van der Waals surface area contributed by atoms with Crippen molar-refractivity contribution in [2.45, 2.75) is 32.6 Å². The fourth-order valence-corrected chi connectivity index (χ4v) is 4.85. The lowest BCUT2D eigenvalue weighted by Crippen LogP contribution is -2.39. The summed E-state index contributed by atoms with van der Waals surface area (Å²) >= 11 is 0. The number of carbonyl (C=O) groups is 2. The van der Waals surface area contributed by atoms with E-state index in [0.717, 1.165) is 9.87 Å². The third kappa shape index (κ3) is 7.40. The summed E-state index contributed by atoms with van der Waals surface area (Å²) in [7, 11) is -4.07. The number of hydrogen-bond donors (Lipinski definition) is 2. The highest BCUT2D eigenvalue weighted by Crippen LogP contribution is 2.25. The molecule has 0 bridgehead atoms. The van der Waals surface area contributed by atoms with E-state index in [1.807, 2.05) is 13.8 Å². The van der Waals surface area contributed by atoms with Crippen LogP contribution in [0.3, 0.4) is 0 Å². The Morgan fingerprint density at radius 2 is 1.65 bits per heavy atom. The Hall–Kier alpha value is -4.18. The Morgan fingerprint density at radius 3 is 2.27 bits per heavy atom. The van der Waals surface area contributed by atoms with Gasteiger partial charge in [0.2, 0.25) is 5.91 Å². The van der Waals surface area contributed by atoms with Crippen LogP contribution in [0.25, 0.3) is 0 Å². The standard InChI is InChI=1S/C27H30N4O5S/c1-5-36-25-13-15-26(16-14-25)37(34,35)31(24-11-9-19(2)10-12-24)18-27(33)30-29-20(3)22-7-6-8-23(17-22)28-21(4)32/h6-17H,5,18H2,1-4H3,(H,28,32)(H,30,33)/b29-20+. The Labute approximate surface area is 217 Å². The highest BCUT2D eigenvalue weighted by atomic mass is 32.2. The number of hydrogen-bond acceptors (Lipinski definition) is 6. The van der Waals surface area contributed by atoms with Crippen LogP contribution in [-0.4, -0.2) is 39.1 Å². The third-order valence-electron chi connectivity index (χ3n) is 5.28. The number of nitrogens with zero attached hydrogens (tertiary/aromatic N) is 2. The molecule has 0 aliphatic heterocycles. The second-order valence-electron chi connectivity index (χ2n) is 8.25. The second kappa shape index (κ2) is 12.2. The minimum absolute atomic E-state index is 0.0267. The number of anilines is 2. The van der Waals surface area contributed by atoms with Crippen molar-refractivity contribution in [1.29, 1.82) is 0 Å². The molecule has 0 unspecified atom stereocenters. The van der Waals surface area contributed by atoms with Gasteiger partial charge in [-0.2, -0.15) is 5.10 Å². The van der Waals surface area contributed by atoms with Gasteiger partial charge in [0.1, 0.15) is 12.3 Å². The molecule has 0 heterocycles. The van der Waals surface area contributed by atoms with Gasteiger partial charge in [-0.05, 0) is 74.9 Å². The summed E-state index contributed by atoms with van der Waals surface area (Å²) in [6, 6.07) is 19.9. The molecule has 0 fully saturated rings. The van der Waals surface area contributed by atoms with Crippen LogP contribution in [0.2, 0.25) is 0 Å². The van der Waals surface area contributed by atoms with Gasteiger partial charge in [0.05, 0.1) is 22.9 Å². The van der Waals surface area contributed by atoms with Crippen LogP contribution in [0, 0.1) is 6.92 Å². The number of nitrogens with one attached hydrogen (secondary N) is 2. The normalized spacial score (nSPS) is 11.5. The molecule has 3 rings (SSSR count). The monoisotopic (exact) mass is 522 g/mol. The van der Waals surface area contributed by atoms with E-state index in [2.05, 4.69) is 15.8 Å². The summed E-state index contributed by atoms with van der Waals surface area (Å²) in [4.78, 5) is 24.2. The van der Waals surface area contributed by atoms with Crippen LogP contribution in [0.15, 0.2) is 82.8 Å². The van der Waals surface area contributed by atoms with Gasteiger partial charge in [-0.25, -0.2) is 13.8 Å². The molecule has 0 aromatic heterocycles. The molecule has 0 saturated heterocycles. The predicted molar refractivity (Wildman–Crippen MR) is 144 cm³/mol. The molecule has 2 amide bonds. The first-order valence-corrected chi connectivity index (χ1v) is 13.1. The Kier molecular flexibility index (Phi) is 9.02. The molecule has 3 aromatic rings. The summed E-state index contributed by atoms with van der Waals surface area (Å²) in [5.74, 6) is -0.272. The Balaban J connectivity index is 1.84. The van der Waals surface area contributed by atoms with Crippen LogP contribution in [0.1, 0.15) is 31.9 Å². The van der Waals surface area contributed by atoms with Crippen LogP contribution in [-0.2, 0) is 19.6 Å². The van der Waals surface area contributed by atoms with E-state index in [1.54, 1.807) is 67.6 Å². The second-order valence-corrected chi connectivity index (χ2v) is 10.1. The average Bonchev–Trinajstić information content (AvgIpc) is 2.86. The SMILES string of the molecule is CCOc1ccc(S(=O)(=O)N(CC(=O)N/N=C(\C)c2cccc(NC(C)=O)c2)c2ccc(C)cc2)cc1. The summed E-state index contributed by atoms with van der Waals surface area (Å²) in [5.41, 5.74) is 5.50. The van der Waals surface area contributed by atoms with E-state index in [4.69, 9.17) is 4.74 Å². The minimum atomic E-state index is -4.07. The molecule has 0 spiro atoms. The van der Waals surface area contributed by atoms with Crippen LogP contribution < -0.4 is 19.8 Å². The van der Waals surface area contributed by atoms with Crippen LogP contribution >= 0.6 is 0 Å². The third-order valence-corrected chi connectivity index (χ3v) is 7.07. The molecule has 0 atom stereocenters. The lowest BCUT2D eigenvalue weighted by atomic mass is 10.1. The molecule has 37 heavy (non-hydrogen) atoms. The highest BCUT2D eigenvalue weighted by molar-refractivity contribution is 7.92. The lowest BCUT2D eigenvalue weighted by molar-refractivity contribution is -0.119. The molecule has 0 aliphatic rings. The minimum Gasteiger partial charge on any atom is -0.494 e.